The van der Waals surface area contributed by atoms with Crippen LogP contribution in [0.25, 0.3) is 0 Å². The van der Waals surface area contributed by atoms with Crippen molar-refractivity contribution in [3.63, 3.8) is 0 Å². The van der Waals surface area contributed by atoms with Crippen molar-refractivity contribution in [1.29, 1.82) is 0 Å². The summed E-state index contributed by atoms with van der Waals surface area (Å²) in [5.41, 5.74) is 0.392. The van der Waals surface area contributed by atoms with Crippen LogP contribution in [0.15, 0.2) is 53.4 Å². The number of benzene rings is 2. The molecule has 0 spiro atoms. The van der Waals surface area contributed by atoms with Crippen molar-refractivity contribution in [3.05, 3.63) is 54.3 Å². The minimum absolute atomic E-state index is 0.00139. The maximum atomic E-state index is 13.1. The summed E-state index contributed by atoms with van der Waals surface area (Å²) in [7, 11) is -3.84. The molecule has 0 unspecified atom stereocenters. The summed E-state index contributed by atoms with van der Waals surface area (Å²) >= 11 is 0. The summed E-state index contributed by atoms with van der Waals surface area (Å²) in [6.45, 7) is -0.0309. The van der Waals surface area contributed by atoms with E-state index in [0.29, 0.717) is 18.5 Å². The second kappa shape index (κ2) is 9.23. The Morgan fingerprint density at radius 1 is 1.17 bits per heavy atom. The third-order valence-electron chi connectivity index (χ3n) is 4.76. The van der Waals surface area contributed by atoms with Gasteiger partial charge in [0.25, 0.3) is 0 Å². The fourth-order valence-corrected chi connectivity index (χ4v) is 4.75. The van der Waals surface area contributed by atoms with E-state index in [1.54, 1.807) is 12.1 Å². The van der Waals surface area contributed by atoms with Gasteiger partial charge in [-0.05, 0) is 49.2 Å². The van der Waals surface area contributed by atoms with Crippen LogP contribution in [0.2, 0.25) is 0 Å². The first-order chi connectivity index (χ1) is 14.3. The van der Waals surface area contributed by atoms with Gasteiger partial charge >= 0.3 is 0 Å². The van der Waals surface area contributed by atoms with Crippen LogP contribution in [0, 0.1) is 11.7 Å². The molecule has 0 aromatic heterocycles. The molecule has 2 aromatic carbocycles. The smallest absolute Gasteiger partial charge is 0.243 e. The molecular formula is C20H22FN3O5S. The maximum absolute atomic E-state index is 13.1. The number of piperidine rings is 1. The van der Waals surface area contributed by atoms with E-state index in [1.807, 2.05) is 0 Å². The molecule has 0 aliphatic carbocycles. The third kappa shape index (κ3) is 5.33. The number of sulfonamides is 1. The average molecular weight is 435 g/mol. The number of halogens is 1. The molecule has 10 heteroatoms. The second-order valence-corrected chi connectivity index (χ2v) is 8.91. The lowest BCUT2D eigenvalue weighted by atomic mass is 9.99. The van der Waals surface area contributed by atoms with E-state index >= 15 is 0 Å². The van der Waals surface area contributed by atoms with E-state index < -0.39 is 33.6 Å². The molecule has 1 fully saturated rings. The van der Waals surface area contributed by atoms with Gasteiger partial charge in [-0.15, -0.1) is 0 Å². The zero-order chi connectivity index (χ0) is 21.7. The van der Waals surface area contributed by atoms with Crippen LogP contribution in [-0.4, -0.2) is 49.3 Å². The third-order valence-corrected chi connectivity index (χ3v) is 6.64. The number of anilines is 1. The minimum Gasteiger partial charge on any atom is -0.508 e. The number of hydrogen-bond donors (Lipinski definition) is 3. The van der Waals surface area contributed by atoms with Gasteiger partial charge in [0.05, 0.1) is 17.4 Å². The number of amides is 2. The van der Waals surface area contributed by atoms with Crippen molar-refractivity contribution in [2.45, 2.75) is 17.7 Å². The number of phenolic OH excluding ortho intramolecular Hbond substituents is 1. The fourth-order valence-electron chi connectivity index (χ4n) is 3.23. The van der Waals surface area contributed by atoms with Gasteiger partial charge in [-0.3, -0.25) is 9.59 Å². The fraction of sp³-hybridized carbons (Fsp3) is 0.300. The average Bonchev–Trinajstić information content (AvgIpc) is 2.72. The molecular weight excluding hydrogens is 413 g/mol. The number of carbonyl (C=O) groups excluding carboxylic acids is 2. The van der Waals surface area contributed by atoms with Crippen molar-refractivity contribution in [1.82, 2.24) is 9.62 Å². The summed E-state index contributed by atoms with van der Waals surface area (Å²) in [5, 5.41) is 14.5. The zero-order valence-corrected chi connectivity index (χ0v) is 16.9. The van der Waals surface area contributed by atoms with Crippen molar-refractivity contribution in [2.75, 3.05) is 25.0 Å². The Bertz CT molecular complexity index is 1030. The lowest BCUT2D eigenvalue weighted by molar-refractivity contribution is -0.128. The number of nitrogens with one attached hydrogen (secondary N) is 2. The van der Waals surface area contributed by atoms with Gasteiger partial charge in [0.2, 0.25) is 21.8 Å². The Morgan fingerprint density at radius 2 is 1.90 bits per heavy atom. The van der Waals surface area contributed by atoms with E-state index in [2.05, 4.69) is 10.6 Å². The van der Waals surface area contributed by atoms with Gasteiger partial charge in [0.15, 0.2) is 0 Å². The van der Waals surface area contributed by atoms with Gasteiger partial charge < -0.3 is 15.7 Å². The molecule has 1 aliphatic rings. The highest BCUT2D eigenvalue weighted by Crippen LogP contribution is 2.24. The molecule has 0 radical (unpaired) electrons. The predicted octanol–water partition coefficient (Wildman–Crippen LogP) is 1.69. The zero-order valence-electron chi connectivity index (χ0n) is 16.0. The standard InChI is InChI=1S/C20H22FN3O5S/c21-15-6-8-18(9-7-15)30(28,29)24-10-2-3-14(13-24)20(27)22-12-19(26)23-16-4-1-5-17(25)11-16/h1,4-9,11,14,25H,2-3,10,12-13H2,(H,22,27)(H,23,26)/t14-/m0/s1. The SMILES string of the molecule is O=C(CNC(=O)[C@H]1CCCN(S(=O)(=O)c2ccc(F)cc2)C1)Nc1cccc(O)c1. The molecule has 3 N–H and O–H groups in total. The Balaban J connectivity index is 1.56. The maximum Gasteiger partial charge on any atom is 0.243 e. The molecule has 3 rings (SSSR count). The van der Waals surface area contributed by atoms with Crippen molar-refractivity contribution >= 4 is 27.5 Å². The number of carbonyl (C=O) groups is 2. The number of phenols is 1. The van der Waals surface area contributed by atoms with Gasteiger partial charge in [-0.2, -0.15) is 4.31 Å². The van der Waals surface area contributed by atoms with Crippen molar-refractivity contribution in [3.8, 4) is 5.75 Å². The number of aromatic hydroxyl groups is 1. The first-order valence-electron chi connectivity index (χ1n) is 9.38. The summed E-state index contributed by atoms with van der Waals surface area (Å²) in [6.07, 6.45) is 0.990. The van der Waals surface area contributed by atoms with Crippen LogP contribution in [-0.2, 0) is 19.6 Å². The Hall–Kier alpha value is -2.98. The Kier molecular flexibility index (Phi) is 6.68. The topological polar surface area (TPSA) is 116 Å². The highest BCUT2D eigenvalue weighted by atomic mass is 32.2. The van der Waals surface area contributed by atoms with Crippen LogP contribution in [0.1, 0.15) is 12.8 Å². The van der Waals surface area contributed by atoms with Crippen molar-refractivity contribution in [2.24, 2.45) is 5.92 Å². The Labute approximate surface area is 173 Å². The molecule has 160 valence electrons. The van der Waals surface area contributed by atoms with E-state index in [9.17, 15) is 27.5 Å². The van der Waals surface area contributed by atoms with Crippen LogP contribution >= 0.6 is 0 Å². The molecule has 0 saturated carbocycles. The largest absolute Gasteiger partial charge is 0.508 e. The van der Waals surface area contributed by atoms with Crippen LogP contribution in [0.5, 0.6) is 5.75 Å². The van der Waals surface area contributed by atoms with Gasteiger partial charge in [-0.25, -0.2) is 12.8 Å². The summed E-state index contributed by atoms with van der Waals surface area (Å²) in [5.74, 6) is -2.02. The Morgan fingerprint density at radius 3 is 2.60 bits per heavy atom. The molecule has 0 bridgehead atoms. The van der Waals surface area contributed by atoms with E-state index in [4.69, 9.17) is 0 Å². The highest BCUT2D eigenvalue weighted by molar-refractivity contribution is 7.89. The van der Waals surface area contributed by atoms with Gasteiger partial charge in [0, 0.05) is 24.8 Å². The summed E-state index contributed by atoms with van der Waals surface area (Å²) in [6, 6.07) is 10.5. The van der Waals surface area contributed by atoms with Crippen LogP contribution in [0.3, 0.4) is 0 Å². The second-order valence-electron chi connectivity index (χ2n) is 6.97. The van der Waals surface area contributed by atoms with Crippen LogP contribution < -0.4 is 10.6 Å². The predicted molar refractivity (Wildman–Crippen MR) is 108 cm³/mol. The first kappa shape index (κ1) is 21.7. The summed E-state index contributed by atoms with van der Waals surface area (Å²) in [4.78, 5) is 24.4. The quantitative estimate of drug-likeness (QED) is 0.639. The lowest BCUT2D eigenvalue weighted by Crippen LogP contribution is -2.46. The molecule has 1 saturated heterocycles. The van der Waals surface area contributed by atoms with E-state index in [0.717, 1.165) is 12.1 Å². The number of nitrogens with zero attached hydrogens (tertiary/aromatic N) is 1. The van der Waals surface area contributed by atoms with Crippen LogP contribution in [0.4, 0.5) is 10.1 Å². The lowest BCUT2D eigenvalue weighted by Gasteiger charge is -2.31. The van der Waals surface area contributed by atoms with E-state index in [1.165, 1.54) is 28.6 Å². The monoisotopic (exact) mass is 435 g/mol. The molecule has 1 atom stereocenters. The summed E-state index contributed by atoms with van der Waals surface area (Å²) < 4.78 is 39.8. The molecule has 1 heterocycles. The molecule has 30 heavy (non-hydrogen) atoms. The highest BCUT2D eigenvalue weighted by Gasteiger charge is 2.33. The number of hydrogen-bond acceptors (Lipinski definition) is 5. The molecule has 2 amide bonds. The molecule has 1 aliphatic heterocycles. The minimum atomic E-state index is -3.84. The molecule has 8 nitrogen and oxygen atoms in total. The van der Waals surface area contributed by atoms with Crippen molar-refractivity contribution < 1.29 is 27.5 Å². The number of rotatable bonds is 6. The molecule has 2 aromatic rings. The van der Waals surface area contributed by atoms with Gasteiger partial charge in [-0.1, -0.05) is 6.07 Å². The van der Waals surface area contributed by atoms with Gasteiger partial charge in [0.1, 0.15) is 11.6 Å². The first-order valence-corrected chi connectivity index (χ1v) is 10.8. The normalized spacial score (nSPS) is 17.3. The van der Waals surface area contributed by atoms with E-state index in [-0.39, 0.29) is 30.3 Å².